The number of aromatic nitrogens is 3. The fourth-order valence-corrected chi connectivity index (χ4v) is 5.32. The zero-order valence-electron chi connectivity index (χ0n) is 24.3. The maximum Gasteiger partial charge on any atom is 0.0346 e. The Hall–Kier alpha value is -5.41. The van der Waals surface area contributed by atoms with E-state index in [2.05, 4.69) is 125 Å². The SMILES string of the molecule is CC/C(=C\C(=C/Cc1cccc(-c2cccnc2)c1)c1cccc(-c2cccnc2)c1)c1cccc(-c2cccnc2)c1. The Bertz CT molecular complexity index is 1860. The van der Waals surface area contributed by atoms with Crippen LogP contribution in [-0.4, -0.2) is 15.0 Å². The van der Waals surface area contributed by atoms with Crippen LogP contribution in [0.1, 0.15) is 30.0 Å². The van der Waals surface area contributed by atoms with Gasteiger partial charge in [-0.2, -0.15) is 0 Å². The lowest BCUT2D eigenvalue weighted by Crippen LogP contribution is -1.91. The third-order valence-corrected chi connectivity index (χ3v) is 7.61. The summed E-state index contributed by atoms with van der Waals surface area (Å²) in [6.07, 6.45) is 17.6. The molecule has 208 valence electrons. The van der Waals surface area contributed by atoms with E-state index in [4.69, 9.17) is 0 Å². The third-order valence-electron chi connectivity index (χ3n) is 7.61. The van der Waals surface area contributed by atoms with Crippen LogP contribution in [0.2, 0.25) is 0 Å². The first-order valence-electron chi connectivity index (χ1n) is 14.7. The summed E-state index contributed by atoms with van der Waals surface area (Å²) in [5.41, 5.74) is 13.0. The molecule has 6 aromatic rings. The van der Waals surface area contributed by atoms with Gasteiger partial charge in [0.1, 0.15) is 0 Å². The highest BCUT2D eigenvalue weighted by Gasteiger charge is 2.08. The van der Waals surface area contributed by atoms with Crippen molar-refractivity contribution in [1.29, 1.82) is 0 Å². The van der Waals surface area contributed by atoms with Crippen molar-refractivity contribution in [2.75, 3.05) is 0 Å². The second-order valence-electron chi connectivity index (χ2n) is 10.5. The predicted molar refractivity (Wildman–Crippen MR) is 179 cm³/mol. The molecule has 0 N–H and O–H groups in total. The summed E-state index contributed by atoms with van der Waals surface area (Å²) < 4.78 is 0. The van der Waals surface area contributed by atoms with Gasteiger partial charge in [0.25, 0.3) is 0 Å². The normalized spacial score (nSPS) is 11.8. The summed E-state index contributed by atoms with van der Waals surface area (Å²) in [5.74, 6) is 0. The van der Waals surface area contributed by atoms with Gasteiger partial charge in [0.05, 0.1) is 0 Å². The van der Waals surface area contributed by atoms with Crippen molar-refractivity contribution in [3.63, 3.8) is 0 Å². The maximum absolute atomic E-state index is 4.34. The minimum Gasteiger partial charge on any atom is -0.264 e. The molecule has 3 heterocycles. The largest absolute Gasteiger partial charge is 0.264 e. The average Bonchev–Trinajstić information content (AvgIpc) is 3.10. The van der Waals surface area contributed by atoms with Crippen LogP contribution in [0.15, 0.2) is 159 Å². The van der Waals surface area contributed by atoms with E-state index in [1.807, 2.05) is 55.4 Å². The molecule has 0 aliphatic rings. The van der Waals surface area contributed by atoms with E-state index in [-0.39, 0.29) is 0 Å². The van der Waals surface area contributed by atoms with Crippen LogP contribution in [0.25, 0.3) is 44.5 Å². The molecule has 3 heteroatoms. The smallest absolute Gasteiger partial charge is 0.0346 e. The molecule has 0 saturated heterocycles. The molecule has 3 aromatic carbocycles. The highest BCUT2D eigenvalue weighted by Crippen LogP contribution is 2.31. The van der Waals surface area contributed by atoms with Crippen molar-refractivity contribution >= 4 is 11.1 Å². The zero-order valence-corrected chi connectivity index (χ0v) is 24.3. The lowest BCUT2D eigenvalue weighted by molar-refractivity contribution is 1.23. The first-order chi connectivity index (χ1) is 21.3. The van der Waals surface area contributed by atoms with Gasteiger partial charge in [0, 0.05) is 48.3 Å². The summed E-state index contributed by atoms with van der Waals surface area (Å²) in [5, 5.41) is 0. The minimum atomic E-state index is 0.809. The number of pyridine rings is 3. The van der Waals surface area contributed by atoms with Crippen LogP contribution in [0.4, 0.5) is 0 Å². The molecule has 0 unspecified atom stereocenters. The first-order valence-corrected chi connectivity index (χ1v) is 14.7. The number of allylic oxidation sites excluding steroid dienone is 4. The fourth-order valence-electron chi connectivity index (χ4n) is 5.32. The molecule has 0 bridgehead atoms. The number of benzene rings is 3. The van der Waals surface area contributed by atoms with Crippen LogP contribution >= 0.6 is 0 Å². The number of nitrogens with zero attached hydrogens (tertiary/aromatic N) is 3. The van der Waals surface area contributed by atoms with E-state index in [9.17, 15) is 0 Å². The van der Waals surface area contributed by atoms with Crippen molar-refractivity contribution in [3.8, 4) is 33.4 Å². The van der Waals surface area contributed by atoms with E-state index in [0.29, 0.717) is 0 Å². The van der Waals surface area contributed by atoms with E-state index in [1.165, 1.54) is 39.0 Å². The summed E-state index contributed by atoms with van der Waals surface area (Å²) in [6, 6.07) is 38.5. The van der Waals surface area contributed by atoms with Gasteiger partial charge in [-0.1, -0.05) is 97.9 Å². The fraction of sp³-hybridized carbons (Fsp3) is 0.0750. The van der Waals surface area contributed by atoms with Crippen molar-refractivity contribution < 1.29 is 0 Å². The first kappa shape index (κ1) is 27.7. The predicted octanol–water partition coefficient (Wildman–Crippen LogP) is 9.99. The van der Waals surface area contributed by atoms with Crippen molar-refractivity contribution in [2.45, 2.75) is 19.8 Å². The second-order valence-corrected chi connectivity index (χ2v) is 10.5. The maximum atomic E-state index is 4.34. The summed E-state index contributed by atoms with van der Waals surface area (Å²) in [7, 11) is 0. The van der Waals surface area contributed by atoms with Crippen molar-refractivity contribution in [2.24, 2.45) is 0 Å². The Labute approximate surface area is 254 Å². The van der Waals surface area contributed by atoms with Gasteiger partial charge in [-0.25, -0.2) is 0 Å². The molecule has 3 aromatic heterocycles. The highest BCUT2D eigenvalue weighted by atomic mass is 14.6. The van der Waals surface area contributed by atoms with E-state index in [0.717, 1.165) is 35.1 Å². The van der Waals surface area contributed by atoms with Crippen LogP contribution < -0.4 is 0 Å². The molecule has 0 radical (unpaired) electrons. The van der Waals surface area contributed by atoms with Crippen molar-refractivity contribution in [3.05, 3.63) is 175 Å². The topological polar surface area (TPSA) is 38.7 Å². The summed E-state index contributed by atoms with van der Waals surface area (Å²) in [6.45, 7) is 2.23. The van der Waals surface area contributed by atoms with Gasteiger partial charge >= 0.3 is 0 Å². The van der Waals surface area contributed by atoms with Gasteiger partial charge in [-0.3, -0.25) is 15.0 Å². The van der Waals surface area contributed by atoms with Gasteiger partial charge in [-0.15, -0.1) is 0 Å². The molecular formula is C40H33N3. The molecule has 6 rings (SSSR count). The Morgan fingerprint density at radius 2 is 1.02 bits per heavy atom. The van der Waals surface area contributed by atoms with Crippen molar-refractivity contribution in [1.82, 2.24) is 15.0 Å². The van der Waals surface area contributed by atoms with Crippen LogP contribution in [-0.2, 0) is 6.42 Å². The van der Waals surface area contributed by atoms with Gasteiger partial charge in [-0.05, 0) is 93.3 Å². The zero-order chi connectivity index (χ0) is 29.3. The molecule has 0 spiro atoms. The molecule has 0 saturated carbocycles. The number of hydrogen-bond donors (Lipinski definition) is 0. The van der Waals surface area contributed by atoms with E-state index < -0.39 is 0 Å². The molecular weight excluding hydrogens is 522 g/mol. The lowest BCUT2D eigenvalue weighted by Gasteiger charge is -2.12. The molecule has 0 amide bonds. The monoisotopic (exact) mass is 555 g/mol. The summed E-state index contributed by atoms with van der Waals surface area (Å²) >= 11 is 0. The Kier molecular flexibility index (Phi) is 8.71. The quantitative estimate of drug-likeness (QED) is 0.167. The number of rotatable bonds is 9. The van der Waals surface area contributed by atoms with E-state index in [1.54, 1.807) is 0 Å². The summed E-state index contributed by atoms with van der Waals surface area (Å²) in [4.78, 5) is 13.0. The minimum absolute atomic E-state index is 0.809. The Morgan fingerprint density at radius 3 is 1.56 bits per heavy atom. The lowest BCUT2D eigenvalue weighted by atomic mass is 9.92. The highest BCUT2D eigenvalue weighted by molar-refractivity contribution is 5.86. The molecule has 0 aliphatic heterocycles. The standard InChI is InChI=1S/C40H33N3/c1-2-31(33-11-4-13-35(25-33)39-16-7-21-42-28-39)24-37(34-12-5-14-36(26-34)40-17-8-22-43-29-40)19-18-30-9-3-10-32(23-30)38-15-6-20-41-27-38/h3-17,19-29H,2,18H2,1H3/b31-24+,37-19+. The van der Waals surface area contributed by atoms with Gasteiger partial charge < -0.3 is 0 Å². The van der Waals surface area contributed by atoms with Crippen LogP contribution in [0.3, 0.4) is 0 Å². The van der Waals surface area contributed by atoms with Crippen LogP contribution in [0.5, 0.6) is 0 Å². The second kappa shape index (κ2) is 13.5. The molecule has 43 heavy (non-hydrogen) atoms. The number of hydrogen-bond acceptors (Lipinski definition) is 3. The molecule has 0 atom stereocenters. The third kappa shape index (κ3) is 6.91. The van der Waals surface area contributed by atoms with Gasteiger partial charge in [0.15, 0.2) is 0 Å². The van der Waals surface area contributed by atoms with Gasteiger partial charge in [0.2, 0.25) is 0 Å². The molecule has 0 fully saturated rings. The molecule has 0 aliphatic carbocycles. The Balaban J connectivity index is 1.40. The van der Waals surface area contributed by atoms with Crippen LogP contribution in [0, 0.1) is 0 Å². The Morgan fingerprint density at radius 1 is 0.535 bits per heavy atom. The molecule has 3 nitrogen and oxygen atoms in total. The van der Waals surface area contributed by atoms with E-state index >= 15 is 0 Å². The average molecular weight is 556 g/mol.